The fourth-order valence-corrected chi connectivity index (χ4v) is 7.34. The summed E-state index contributed by atoms with van der Waals surface area (Å²) in [6, 6.07) is 0.780. The molecule has 10 nitrogen and oxygen atoms in total. The Hall–Kier alpha value is -1.30. The molecule has 4 aliphatic heterocycles. The summed E-state index contributed by atoms with van der Waals surface area (Å²) in [4.78, 5) is 34.2. The standard InChI is InChI=1S/C26H47N7O3/c1-17(34)29-21-6-4-18(5-7-21)16-33-12-2-3-22(33)26-30-25(31-36-26)20-8-11-28-23(15-20)32-13-9-19(10-14-32)24(27)35/h18-23,25-26,28,30-31H,2-16H2,1H3,(H2,27,35)(H,29,34)/t18?,20?,21?,22-,23?,25?,26?/m0/s1. The van der Waals surface area contributed by atoms with Gasteiger partial charge < -0.3 is 16.4 Å². The number of nitrogens with two attached hydrogens (primary N) is 1. The minimum Gasteiger partial charge on any atom is -0.369 e. The quantitative estimate of drug-likeness (QED) is 0.338. The van der Waals surface area contributed by atoms with Crippen LogP contribution in [0, 0.1) is 17.8 Å². The normalized spacial score (nSPS) is 39.3. The molecule has 0 spiro atoms. The van der Waals surface area contributed by atoms with E-state index in [1.165, 1.54) is 25.7 Å². The third-order valence-corrected chi connectivity index (χ3v) is 9.44. The Labute approximate surface area is 215 Å². The number of likely N-dealkylation sites (tertiary alicyclic amines) is 2. The van der Waals surface area contributed by atoms with Crippen molar-refractivity contribution in [2.24, 2.45) is 23.5 Å². The zero-order valence-corrected chi connectivity index (χ0v) is 21.9. The molecule has 204 valence electrons. The summed E-state index contributed by atoms with van der Waals surface area (Å²) >= 11 is 0. The Bertz CT molecular complexity index is 754. The number of nitrogens with one attached hydrogen (secondary N) is 4. The lowest BCUT2D eigenvalue weighted by molar-refractivity contribution is -0.123. The Kier molecular flexibility index (Phi) is 8.80. The Morgan fingerprint density at radius 3 is 2.53 bits per heavy atom. The highest BCUT2D eigenvalue weighted by Gasteiger charge is 2.42. The van der Waals surface area contributed by atoms with E-state index >= 15 is 0 Å². The first kappa shape index (κ1) is 26.3. The van der Waals surface area contributed by atoms with Gasteiger partial charge in [-0.15, -0.1) is 0 Å². The van der Waals surface area contributed by atoms with Crippen LogP contribution in [0.1, 0.15) is 71.1 Å². The molecular weight excluding hydrogens is 458 g/mol. The topological polar surface area (TPSA) is 124 Å². The lowest BCUT2D eigenvalue weighted by Crippen LogP contribution is -2.57. The largest absolute Gasteiger partial charge is 0.369 e. The van der Waals surface area contributed by atoms with Crippen molar-refractivity contribution in [1.29, 1.82) is 0 Å². The van der Waals surface area contributed by atoms with Crippen molar-refractivity contribution in [2.45, 2.75) is 102 Å². The summed E-state index contributed by atoms with van der Waals surface area (Å²) in [7, 11) is 0. The smallest absolute Gasteiger partial charge is 0.220 e. The highest BCUT2D eigenvalue weighted by atomic mass is 16.7. The van der Waals surface area contributed by atoms with Gasteiger partial charge in [0.15, 0.2) is 0 Å². The Morgan fingerprint density at radius 2 is 1.81 bits per heavy atom. The summed E-state index contributed by atoms with van der Waals surface area (Å²) in [5.41, 5.74) is 8.88. The van der Waals surface area contributed by atoms with Crippen LogP contribution in [0.3, 0.4) is 0 Å². The van der Waals surface area contributed by atoms with E-state index in [9.17, 15) is 9.59 Å². The molecule has 2 amide bonds. The van der Waals surface area contributed by atoms with Crippen molar-refractivity contribution in [3.8, 4) is 0 Å². The molecule has 4 unspecified atom stereocenters. The van der Waals surface area contributed by atoms with E-state index in [0.717, 1.165) is 71.2 Å². The van der Waals surface area contributed by atoms with Crippen molar-refractivity contribution in [3.63, 3.8) is 0 Å². The maximum absolute atomic E-state index is 11.5. The van der Waals surface area contributed by atoms with E-state index in [4.69, 9.17) is 10.6 Å². The highest BCUT2D eigenvalue weighted by molar-refractivity contribution is 5.76. The molecule has 1 saturated carbocycles. The van der Waals surface area contributed by atoms with Gasteiger partial charge in [-0.2, -0.15) is 5.48 Å². The highest BCUT2D eigenvalue weighted by Crippen LogP contribution is 2.31. The molecule has 0 aromatic heterocycles. The molecule has 6 N–H and O–H groups in total. The average molecular weight is 506 g/mol. The van der Waals surface area contributed by atoms with Gasteiger partial charge in [0, 0.05) is 38.5 Å². The predicted octanol–water partition coefficient (Wildman–Crippen LogP) is 0.445. The molecule has 1 aliphatic carbocycles. The number of primary amides is 1. The molecular formula is C26H47N7O3. The van der Waals surface area contributed by atoms with Crippen LogP contribution >= 0.6 is 0 Å². The van der Waals surface area contributed by atoms with E-state index in [1.807, 2.05) is 0 Å². The van der Waals surface area contributed by atoms with Gasteiger partial charge in [0.25, 0.3) is 0 Å². The molecule has 0 bridgehead atoms. The SMILES string of the molecule is CC(=O)NC1CCC(CN2CCC[C@H]2C2NC(C3CCNC(N4CCC(C(N)=O)CC4)C3)NO2)CC1. The van der Waals surface area contributed by atoms with Crippen molar-refractivity contribution in [2.75, 3.05) is 32.7 Å². The molecule has 0 aromatic rings. The molecule has 5 aliphatic rings. The van der Waals surface area contributed by atoms with Crippen LogP contribution in [-0.4, -0.2) is 85.0 Å². The first-order chi connectivity index (χ1) is 17.5. The van der Waals surface area contributed by atoms with Crippen LogP contribution in [0.15, 0.2) is 0 Å². The van der Waals surface area contributed by atoms with E-state index in [-0.39, 0.29) is 30.1 Å². The van der Waals surface area contributed by atoms with Crippen molar-refractivity contribution >= 4 is 11.8 Å². The Balaban J connectivity index is 1.08. The molecule has 5 fully saturated rings. The first-order valence-electron chi connectivity index (χ1n) is 14.4. The number of amides is 2. The third-order valence-electron chi connectivity index (χ3n) is 9.44. The van der Waals surface area contributed by atoms with Gasteiger partial charge in [0.05, 0.1) is 18.4 Å². The summed E-state index contributed by atoms with van der Waals surface area (Å²) in [5, 5.41) is 10.6. The van der Waals surface area contributed by atoms with E-state index in [2.05, 4.69) is 31.2 Å². The van der Waals surface area contributed by atoms with Crippen LogP contribution in [0.4, 0.5) is 0 Å². The van der Waals surface area contributed by atoms with Crippen molar-refractivity contribution in [3.05, 3.63) is 0 Å². The number of nitrogens with zero attached hydrogens (tertiary/aromatic N) is 2. The fraction of sp³-hybridized carbons (Fsp3) is 0.923. The van der Waals surface area contributed by atoms with Crippen LogP contribution in [-0.2, 0) is 14.4 Å². The fourth-order valence-electron chi connectivity index (χ4n) is 7.34. The number of piperidine rings is 2. The second kappa shape index (κ2) is 12.0. The number of carbonyl (C=O) groups is 2. The molecule has 5 rings (SSSR count). The number of hydrogen-bond acceptors (Lipinski definition) is 8. The molecule has 4 saturated heterocycles. The summed E-state index contributed by atoms with van der Waals surface area (Å²) < 4.78 is 0. The molecule has 36 heavy (non-hydrogen) atoms. The lowest BCUT2D eigenvalue weighted by Gasteiger charge is -2.42. The van der Waals surface area contributed by atoms with Crippen LogP contribution < -0.4 is 27.2 Å². The predicted molar refractivity (Wildman–Crippen MR) is 137 cm³/mol. The minimum atomic E-state index is -0.148. The van der Waals surface area contributed by atoms with E-state index in [1.54, 1.807) is 6.92 Å². The molecule has 4 heterocycles. The molecule has 0 aromatic carbocycles. The summed E-state index contributed by atoms with van der Waals surface area (Å²) in [5.74, 6) is 1.20. The van der Waals surface area contributed by atoms with Gasteiger partial charge in [0.1, 0.15) is 6.23 Å². The van der Waals surface area contributed by atoms with Gasteiger partial charge in [-0.1, -0.05) is 0 Å². The molecule has 0 radical (unpaired) electrons. The zero-order chi connectivity index (χ0) is 25.1. The Morgan fingerprint density at radius 1 is 1.03 bits per heavy atom. The summed E-state index contributed by atoms with van der Waals surface area (Å²) in [6.45, 7) is 6.79. The molecule has 5 atom stereocenters. The number of hydrogen-bond donors (Lipinski definition) is 5. The van der Waals surface area contributed by atoms with Gasteiger partial charge >= 0.3 is 0 Å². The van der Waals surface area contributed by atoms with Crippen LogP contribution in [0.2, 0.25) is 0 Å². The molecule has 10 heteroatoms. The second-order valence-electron chi connectivity index (χ2n) is 11.9. The lowest BCUT2D eigenvalue weighted by atomic mass is 9.85. The number of hydroxylamine groups is 1. The second-order valence-corrected chi connectivity index (χ2v) is 11.9. The van der Waals surface area contributed by atoms with Gasteiger partial charge in [-0.25, -0.2) is 0 Å². The third kappa shape index (κ3) is 6.39. The zero-order valence-electron chi connectivity index (χ0n) is 21.9. The van der Waals surface area contributed by atoms with Crippen LogP contribution in [0.25, 0.3) is 0 Å². The van der Waals surface area contributed by atoms with Crippen molar-refractivity contribution in [1.82, 2.24) is 31.2 Å². The van der Waals surface area contributed by atoms with Crippen LogP contribution in [0.5, 0.6) is 0 Å². The van der Waals surface area contributed by atoms with Crippen molar-refractivity contribution < 1.29 is 14.4 Å². The maximum Gasteiger partial charge on any atom is 0.220 e. The van der Waals surface area contributed by atoms with Gasteiger partial charge in [-0.3, -0.25) is 29.5 Å². The monoisotopic (exact) mass is 505 g/mol. The number of carbonyl (C=O) groups excluding carboxylic acids is 2. The average Bonchev–Trinajstić information content (AvgIpc) is 3.55. The maximum atomic E-state index is 11.5. The first-order valence-corrected chi connectivity index (χ1v) is 14.4. The van der Waals surface area contributed by atoms with Gasteiger partial charge in [-0.05, 0) is 89.1 Å². The summed E-state index contributed by atoms with van der Waals surface area (Å²) in [6.07, 6.45) is 11.5. The van der Waals surface area contributed by atoms with E-state index in [0.29, 0.717) is 30.1 Å². The van der Waals surface area contributed by atoms with E-state index < -0.39 is 0 Å². The minimum absolute atomic E-state index is 0.0351. The van der Waals surface area contributed by atoms with Gasteiger partial charge in [0.2, 0.25) is 11.8 Å². The number of rotatable bonds is 7.